The van der Waals surface area contributed by atoms with Gasteiger partial charge >= 0.3 is 5.97 Å². The van der Waals surface area contributed by atoms with E-state index >= 15 is 0 Å². The largest absolute Gasteiger partial charge is 0.494 e. The zero-order valence-electron chi connectivity index (χ0n) is 26.0. The van der Waals surface area contributed by atoms with Crippen LogP contribution in [0.1, 0.15) is 58.2 Å². The molecule has 1 aromatic carbocycles. The van der Waals surface area contributed by atoms with Crippen LogP contribution in [0.5, 0.6) is 11.5 Å². The van der Waals surface area contributed by atoms with Crippen LogP contribution in [-0.4, -0.2) is 141 Å². The number of hydrogen-bond donors (Lipinski definition) is 1. The average Bonchev–Trinajstić information content (AvgIpc) is 2.83. The molecule has 18 heteroatoms. The lowest BCUT2D eigenvalue weighted by Gasteiger charge is -2.80. The molecule has 43 heavy (non-hydrogen) atoms. The number of esters is 1. The molecule has 0 spiro atoms. The third-order valence-electron chi connectivity index (χ3n) is 8.87. The Morgan fingerprint density at radius 3 is 1.77 bits per heavy atom. The van der Waals surface area contributed by atoms with Crippen molar-refractivity contribution in [2.45, 2.75) is 85.0 Å². The highest BCUT2D eigenvalue weighted by atomic mass is 16.6. The molecule has 2 aliphatic heterocycles. The van der Waals surface area contributed by atoms with Crippen molar-refractivity contribution in [2.75, 3.05) is 14.2 Å². The summed E-state index contributed by atoms with van der Waals surface area (Å²) in [5.74, 6) is -1.41. The number of hydrogen-bond acceptors (Lipinski definition) is 6. The van der Waals surface area contributed by atoms with Crippen molar-refractivity contribution < 1.29 is 19.0 Å². The molecule has 2 heterocycles. The molecule has 0 saturated carbocycles. The van der Waals surface area contributed by atoms with Gasteiger partial charge in [0.1, 0.15) is 29.6 Å². The number of methoxy groups -OCH3 is 2. The fourth-order valence-corrected chi connectivity index (χ4v) is 6.50. The maximum Gasteiger partial charge on any atom is 0.322 e. The molecule has 0 aliphatic carbocycles. The Morgan fingerprint density at radius 2 is 1.35 bits per heavy atom. The average molecular weight is 550 g/mol. The topological polar surface area (TPSA) is 74.0 Å². The molecule has 0 bridgehead atoms. The van der Waals surface area contributed by atoms with Crippen LogP contribution in [0.3, 0.4) is 0 Å². The van der Waals surface area contributed by atoms with Crippen LogP contribution in [0.4, 0.5) is 0 Å². The van der Waals surface area contributed by atoms with E-state index < -0.39 is 55.4 Å². The zero-order chi connectivity index (χ0) is 33.7. The SMILES string of the molecule is [B]c1c(OC)c(OC)c([B])c2c1C1N(C([B])([B])C2([B])[B])C([B])([B])C([B])(CC(C)(C)C)C([B])(OC(=O)[C@@H](N)C(C)C)C1([B])[B]. The molecule has 0 aromatic heterocycles. The molecule has 1 fully saturated rings. The monoisotopic (exact) mass is 552 g/mol. The Morgan fingerprint density at radius 1 is 0.884 bits per heavy atom. The summed E-state index contributed by atoms with van der Waals surface area (Å²) in [6, 6.07) is -2.77. The summed E-state index contributed by atoms with van der Waals surface area (Å²) >= 11 is 0. The van der Waals surface area contributed by atoms with Gasteiger partial charge in [-0.3, -0.25) is 4.79 Å². The summed E-state index contributed by atoms with van der Waals surface area (Å²) in [4.78, 5) is 14.5. The van der Waals surface area contributed by atoms with E-state index in [9.17, 15) is 4.79 Å². The number of piperidine rings is 1. The molecule has 3 rings (SSSR count). The summed E-state index contributed by atoms with van der Waals surface area (Å²) in [5.41, 5.74) is 2.41. The van der Waals surface area contributed by atoms with Crippen LogP contribution in [0, 0.1) is 11.3 Å². The fraction of sp³-hybridized carbons (Fsp3) is 0.720. The van der Waals surface area contributed by atoms with Crippen LogP contribution >= 0.6 is 0 Å². The molecular weight excluding hydrogens is 522 g/mol. The van der Waals surface area contributed by atoms with Gasteiger partial charge in [-0.1, -0.05) is 61.3 Å². The molecule has 24 radical (unpaired) electrons. The molecule has 4 atom stereocenters. The maximum absolute atomic E-state index is 13.5. The molecular formula is C25H28B12N2O4. The lowest BCUT2D eigenvalue weighted by Crippen LogP contribution is -2.86. The van der Waals surface area contributed by atoms with Gasteiger partial charge in [0.15, 0.2) is 11.5 Å². The zero-order valence-corrected chi connectivity index (χ0v) is 26.0. The van der Waals surface area contributed by atoms with Crippen molar-refractivity contribution in [2.24, 2.45) is 17.1 Å². The Kier molecular flexibility index (Phi) is 9.14. The van der Waals surface area contributed by atoms with Gasteiger partial charge in [-0.2, -0.15) is 0 Å². The number of nitrogens with zero attached hydrogens (tertiary/aromatic N) is 1. The van der Waals surface area contributed by atoms with Crippen LogP contribution in [-0.2, 0) is 14.7 Å². The van der Waals surface area contributed by atoms with Crippen LogP contribution in [0.2, 0.25) is 10.5 Å². The summed E-state index contributed by atoms with van der Waals surface area (Å²) < 4.78 is 16.9. The van der Waals surface area contributed by atoms with E-state index in [0.29, 0.717) is 0 Å². The molecule has 0 amide bonds. The molecule has 198 valence electrons. The highest BCUT2D eigenvalue weighted by Crippen LogP contribution is 2.72. The summed E-state index contributed by atoms with van der Waals surface area (Å²) in [7, 11) is 84.8. The first kappa shape index (κ1) is 36.5. The van der Waals surface area contributed by atoms with Gasteiger partial charge in [-0.25, -0.2) is 0 Å². The van der Waals surface area contributed by atoms with E-state index in [4.69, 9.17) is 114 Å². The second kappa shape index (κ2) is 10.8. The molecule has 1 saturated heterocycles. The predicted octanol–water partition coefficient (Wildman–Crippen LogP) is -3.26. The molecule has 1 aromatic rings. The number of nitrogens with two attached hydrogens (primary N) is 1. The van der Waals surface area contributed by atoms with E-state index in [0.717, 1.165) is 4.90 Å². The molecule has 6 nitrogen and oxygen atoms in total. The number of rotatable bonds is 6. The van der Waals surface area contributed by atoms with Crippen molar-refractivity contribution in [1.82, 2.24) is 4.90 Å². The van der Waals surface area contributed by atoms with Crippen LogP contribution in [0.15, 0.2) is 0 Å². The summed E-state index contributed by atoms with van der Waals surface area (Å²) in [6.07, 6.45) is -0.151. The second-order valence-corrected chi connectivity index (χ2v) is 13.5. The van der Waals surface area contributed by atoms with Crippen molar-refractivity contribution >= 4 is 111 Å². The Bertz CT molecular complexity index is 1300. The number of carbonyl (C=O) groups excluding carboxylic acids is 1. The van der Waals surface area contributed by atoms with Gasteiger partial charge in [0.2, 0.25) is 0 Å². The van der Waals surface area contributed by atoms with Gasteiger partial charge in [-0.05, 0) is 39.6 Å². The highest BCUT2D eigenvalue weighted by Gasteiger charge is 2.73. The number of benzene rings is 1. The second-order valence-electron chi connectivity index (χ2n) is 13.5. The summed E-state index contributed by atoms with van der Waals surface area (Å²) in [6.45, 7) is 8.86. The van der Waals surface area contributed by atoms with Crippen molar-refractivity contribution in [3.63, 3.8) is 0 Å². The van der Waals surface area contributed by atoms with E-state index in [-0.39, 0.29) is 45.9 Å². The predicted molar refractivity (Wildman–Crippen MR) is 181 cm³/mol. The quantitative estimate of drug-likeness (QED) is 0.297. The standard InChI is InChI=1S/C25H28B12N2O4/c1-9(2)14(38)18(40)43-23(33)20(28,8-19(3,4)5)24(34,35)39-17(22(23,31)32)10-11(21(29,30)25(39,36)37)13(27)16(42-7)15(41-6)12(10)26/h9,14,17H,8,38H2,1-7H3/t14-,17?,20?,23?/m0/s1. The molecule has 2 aliphatic rings. The Labute approximate surface area is 273 Å². The first-order valence-corrected chi connectivity index (χ1v) is 13.7. The first-order valence-electron chi connectivity index (χ1n) is 13.7. The third kappa shape index (κ3) is 4.80. The molecule has 3 unspecified atom stereocenters. The number of ether oxygens (including phenoxy) is 3. The lowest BCUT2D eigenvalue weighted by atomic mass is 9.16. The number of fused-ring (bicyclic) bond motifs is 3. The van der Waals surface area contributed by atoms with Crippen molar-refractivity contribution in [3.8, 4) is 11.5 Å². The van der Waals surface area contributed by atoms with E-state index in [1.807, 2.05) is 20.8 Å². The number of carbonyl (C=O) groups is 1. The maximum atomic E-state index is 13.5. The Balaban J connectivity index is 2.61. The van der Waals surface area contributed by atoms with Gasteiger partial charge in [-0.15, -0.1) is 0 Å². The van der Waals surface area contributed by atoms with Gasteiger partial charge < -0.3 is 24.8 Å². The minimum absolute atomic E-state index is 0.0280. The van der Waals surface area contributed by atoms with Gasteiger partial charge in [0.05, 0.1) is 90.3 Å². The third-order valence-corrected chi connectivity index (χ3v) is 8.87. The smallest absolute Gasteiger partial charge is 0.322 e. The minimum atomic E-state index is -2.59. The van der Waals surface area contributed by atoms with Gasteiger partial charge in [0, 0.05) is 6.04 Å². The van der Waals surface area contributed by atoms with E-state index in [1.54, 1.807) is 13.8 Å². The van der Waals surface area contributed by atoms with Crippen molar-refractivity contribution in [1.29, 1.82) is 0 Å². The van der Waals surface area contributed by atoms with Gasteiger partial charge in [0.25, 0.3) is 0 Å². The fourth-order valence-electron chi connectivity index (χ4n) is 6.50. The minimum Gasteiger partial charge on any atom is -0.494 e. The van der Waals surface area contributed by atoms with Crippen molar-refractivity contribution in [3.05, 3.63) is 11.1 Å². The van der Waals surface area contributed by atoms with Crippen LogP contribution in [0.25, 0.3) is 0 Å². The Hall–Kier alpha value is -1.01. The van der Waals surface area contributed by atoms with E-state index in [2.05, 4.69) is 0 Å². The summed E-state index contributed by atoms with van der Waals surface area (Å²) in [5, 5.41) is -11.8. The molecule has 2 N–H and O–H groups in total. The highest BCUT2D eigenvalue weighted by molar-refractivity contribution is 6.59. The first-order chi connectivity index (χ1) is 19.2. The normalized spacial score (nSPS) is 29.6. The van der Waals surface area contributed by atoms with Crippen LogP contribution < -0.4 is 26.1 Å². The lowest BCUT2D eigenvalue weighted by molar-refractivity contribution is -0.174. The van der Waals surface area contributed by atoms with E-state index in [1.165, 1.54) is 14.2 Å².